The molecule has 2 aliphatic rings. The summed E-state index contributed by atoms with van der Waals surface area (Å²) in [5.74, 6) is 0.284. The molecular formula is C26H32N2O4. The molecule has 0 radical (unpaired) electrons. The van der Waals surface area contributed by atoms with Crippen molar-refractivity contribution in [2.75, 3.05) is 13.2 Å². The van der Waals surface area contributed by atoms with Crippen LogP contribution >= 0.6 is 0 Å². The van der Waals surface area contributed by atoms with Gasteiger partial charge in [0.25, 0.3) is 5.91 Å². The number of aliphatic hydroxyl groups is 1. The molecule has 3 amide bonds. The maximum absolute atomic E-state index is 13.2. The van der Waals surface area contributed by atoms with Gasteiger partial charge in [-0.25, -0.2) is 4.79 Å². The summed E-state index contributed by atoms with van der Waals surface area (Å²) in [6.45, 7) is 8.01. The molecule has 32 heavy (non-hydrogen) atoms. The van der Waals surface area contributed by atoms with Crippen LogP contribution in [-0.4, -0.2) is 41.2 Å². The zero-order valence-electron chi connectivity index (χ0n) is 19.3. The Morgan fingerprint density at radius 3 is 2.47 bits per heavy atom. The number of aryl methyl sites for hydroxylation is 2. The zero-order valence-corrected chi connectivity index (χ0v) is 19.3. The number of aliphatic hydroxyl groups excluding tert-OH is 1. The van der Waals surface area contributed by atoms with Gasteiger partial charge in [-0.3, -0.25) is 9.69 Å². The molecule has 4 rings (SSSR count). The van der Waals surface area contributed by atoms with E-state index in [1.807, 2.05) is 36.4 Å². The number of carbonyl (C=O) groups excluding carboxylic acids is 2. The number of rotatable bonds is 6. The van der Waals surface area contributed by atoms with Crippen LogP contribution < -0.4 is 10.1 Å². The first-order valence-corrected chi connectivity index (χ1v) is 11.3. The zero-order chi connectivity index (χ0) is 23.1. The lowest BCUT2D eigenvalue weighted by atomic mass is 9.87. The monoisotopic (exact) mass is 436 g/mol. The summed E-state index contributed by atoms with van der Waals surface area (Å²) in [7, 11) is 0. The van der Waals surface area contributed by atoms with E-state index in [2.05, 4.69) is 32.2 Å². The highest BCUT2D eigenvalue weighted by Gasteiger charge is 2.49. The number of imide groups is 1. The van der Waals surface area contributed by atoms with Gasteiger partial charge in [-0.2, -0.15) is 0 Å². The van der Waals surface area contributed by atoms with Crippen LogP contribution in [0.25, 0.3) is 0 Å². The molecule has 2 aromatic carbocycles. The number of carbonyl (C=O) groups is 2. The van der Waals surface area contributed by atoms with E-state index in [0.29, 0.717) is 5.75 Å². The number of β-amino-alcohol motifs (C(OH)–C–C–N with tert-alkyl or cyclic N) is 1. The number of benzene rings is 2. The second kappa shape index (κ2) is 8.24. The molecule has 0 spiro atoms. The van der Waals surface area contributed by atoms with Gasteiger partial charge in [0.15, 0.2) is 0 Å². The van der Waals surface area contributed by atoms with Gasteiger partial charge in [0.05, 0.1) is 6.54 Å². The number of ether oxygens (including phenoxy) is 1. The molecule has 0 bridgehead atoms. The van der Waals surface area contributed by atoms with Crippen LogP contribution in [0.1, 0.15) is 56.4 Å². The molecule has 1 aliphatic heterocycles. The molecule has 2 aromatic rings. The van der Waals surface area contributed by atoms with E-state index < -0.39 is 17.7 Å². The van der Waals surface area contributed by atoms with Gasteiger partial charge in [0.2, 0.25) is 0 Å². The van der Waals surface area contributed by atoms with Crippen LogP contribution in [0.15, 0.2) is 42.5 Å². The largest absolute Gasteiger partial charge is 0.491 e. The maximum atomic E-state index is 13.2. The molecule has 2 N–H and O–H groups in total. The summed E-state index contributed by atoms with van der Waals surface area (Å²) in [6, 6.07) is 13.3. The van der Waals surface area contributed by atoms with Crippen molar-refractivity contribution < 1.29 is 19.4 Å². The highest BCUT2D eigenvalue weighted by molar-refractivity contribution is 6.07. The molecule has 1 saturated heterocycles. The lowest BCUT2D eigenvalue weighted by Crippen LogP contribution is -2.42. The molecule has 1 fully saturated rings. The van der Waals surface area contributed by atoms with Gasteiger partial charge >= 0.3 is 6.03 Å². The molecule has 0 saturated carbocycles. The topological polar surface area (TPSA) is 78.9 Å². The number of nitrogens with zero attached hydrogens (tertiary/aromatic N) is 1. The Bertz CT molecular complexity index is 1030. The SMILES string of the molecule is CC(C)(C)c1ccc(OC[C@H](O)CN2C(=O)N[C@](C)(c3ccc4c(c3)CCC4)C2=O)cc1. The van der Waals surface area contributed by atoms with Crippen LogP contribution in [0.4, 0.5) is 4.79 Å². The molecule has 170 valence electrons. The highest BCUT2D eigenvalue weighted by Crippen LogP contribution is 2.32. The highest BCUT2D eigenvalue weighted by atomic mass is 16.5. The minimum Gasteiger partial charge on any atom is -0.491 e. The molecule has 6 heteroatoms. The molecule has 1 aliphatic carbocycles. The van der Waals surface area contributed by atoms with Crippen molar-refractivity contribution in [1.82, 2.24) is 10.2 Å². The number of hydrogen-bond acceptors (Lipinski definition) is 4. The van der Waals surface area contributed by atoms with Gasteiger partial charge in [-0.05, 0) is 66.0 Å². The lowest BCUT2D eigenvalue weighted by Gasteiger charge is -2.24. The third-order valence-electron chi connectivity index (χ3n) is 6.51. The first kappa shape index (κ1) is 22.3. The van der Waals surface area contributed by atoms with E-state index in [-0.39, 0.29) is 24.5 Å². The van der Waals surface area contributed by atoms with Crippen molar-refractivity contribution in [2.45, 2.75) is 64.0 Å². The number of amides is 3. The van der Waals surface area contributed by atoms with Gasteiger partial charge in [0.1, 0.15) is 24.0 Å². The van der Waals surface area contributed by atoms with Crippen LogP contribution in [-0.2, 0) is 28.6 Å². The summed E-state index contributed by atoms with van der Waals surface area (Å²) in [6.07, 6.45) is 2.18. The Balaban J connectivity index is 1.39. The average Bonchev–Trinajstić information content (AvgIpc) is 3.30. The average molecular weight is 437 g/mol. The summed E-state index contributed by atoms with van der Waals surface area (Å²) in [5.41, 5.74) is 3.45. The van der Waals surface area contributed by atoms with Crippen molar-refractivity contribution in [3.05, 3.63) is 64.7 Å². The molecule has 1 heterocycles. The molecule has 0 unspecified atom stereocenters. The van der Waals surface area contributed by atoms with Crippen LogP contribution in [0.2, 0.25) is 0 Å². The second-order valence-electron chi connectivity index (χ2n) is 10.0. The standard InChI is InChI=1S/C26H32N2O4/c1-25(2,3)19-10-12-22(13-11-19)32-16-21(29)15-28-23(30)26(4,27-24(28)31)20-9-8-17-6-5-7-18(17)14-20/h8-14,21,29H,5-7,15-16H2,1-4H3,(H,27,31)/t21-,26-/m1/s1. The summed E-state index contributed by atoms with van der Waals surface area (Å²) < 4.78 is 5.68. The second-order valence-corrected chi connectivity index (χ2v) is 10.0. The van der Waals surface area contributed by atoms with Crippen molar-refractivity contribution in [2.24, 2.45) is 0 Å². The minimum absolute atomic E-state index is 0.0124. The van der Waals surface area contributed by atoms with Gasteiger partial charge in [0, 0.05) is 0 Å². The molecule has 0 aromatic heterocycles. The number of hydrogen-bond donors (Lipinski definition) is 2. The molecular weight excluding hydrogens is 404 g/mol. The lowest BCUT2D eigenvalue weighted by molar-refractivity contribution is -0.132. The number of urea groups is 1. The van der Waals surface area contributed by atoms with E-state index in [9.17, 15) is 14.7 Å². The Morgan fingerprint density at radius 2 is 1.78 bits per heavy atom. The fourth-order valence-corrected chi connectivity index (χ4v) is 4.45. The first-order chi connectivity index (χ1) is 15.1. The third kappa shape index (κ3) is 4.24. The van der Waals surface area contributed by atoms with Crippen LogP contribution in [0.5, 0.6) is 5.75 Å². The van der Waals surface area contributed by atoms with Gasteiger partial charge < -0.3 is 15.2 Å². The summed E-state index contributed by atoms with van der Waals surface area (Å²) in [4.78, 5) is 26.8. The van der Waals surface area contributed by atoms with E-state index in [1.54, 1.807) is 6.92 Å². The van der Waals surface area contributed by atoms with Crippen molar-refractivity contribution in [1.29, 1.82) is 0 Å². The Hall–Kier alpha value is -2.86. The molecule has 2 atom stereocenters. The van der Waals surface area contributed by atoms with Gasteiger partial charge in [-0.1, -0.05) is 51.1 Å². The Kier molecular flexibility index (Phi) is 5.76. The van der Waals surface area contributed by atoms with E-state index in [0.717, 1.165) is 29.7 Å². The van der Waals surface area contributed by atoms with Crippen molar-refractivity contribution in [3.8, 4) is 5.75 Å². The first-order valence-electron chi connectivity index (χ1n) is 11.3. The van der Waals surface area contributed by atoms with Gasteiger partial charge in [-0.15, -0.1) is 0 Å². The molecule has 6 nitrogen and oxygen atoms in total. The normalized spacial score (nSPS) is 21.5. The fraction of sp³-hybridized carbons (Fsp3) is 0.462. The Labute approximate surface area is 189 Å². The summed E-state index contributed by atoms with van der Waals surface area (Å²) >= 11 is 0. The number of fused-ring (bicyclic) bond motifs is 1. The predicted molar refractivity (Wildman–Crippen MR) is 123 cm³/mol. The smallest absolute Gasteiger partial charge is 0.325 e. The number of nitrogens with one attached hydrogen (secondary N) is 1. The Morgan fingerprint density at radius 1 is 1.09 bits per heavy atom. The third-order valence-corrected chi connectivity index (χ3v) is 6.51. The van der Waals surface area contributed by atoms with E-state index >= 15 is 0 Å². The van der Waals surface area contributed by atoms with Crippen molar-refractivity contribution >= 4 is 11.9 Å². The maximum Gasteiger partial charge on any atom is 0.325 e. The predicted octanol–water partition coefficient (Wildman–Crippen LogP) is 3.68. The minimum atomic E-state index is -1.13. The van der Waals surface area contributed by atoms with Crippen molar-refractivity contribution in [3.63, 3.8) is 0 Å². The fourth-order valence-electron chi connectivity index (χ4n) is 4.45. The quantitative estimate of drug-likeness (QED) is 0.677. The summed E-state index contributed by atoms with van der Waals surface area (Å²) in [5, 5.41) is 13.3. The van der Waals surface area contributed by atoms with Crippen LogP contribution in [0, 0.1) is 0 Å². The van der Waals surface area contributed by atoms with E-state index in [4.69, 9.17) is 4.74 Å². The van der Waals surface area contributed by atoms with E-state index in [1.165, 1.54) is 16.7 Å². The van der Waals surface area contributed by atoms with Crippen LogP contribution in [0.3, 0.4) is 0 Å².